The lowest BCUT2D eigenvalue weighted by molar-refractivity contribution is -0.595. The molecule has 2 aromatic carbocycles. The van der Waals surface area contributed by atoms with Gasteiger partial charge >= 0.3 is 21.2 Å². The molecule has 2 heteroatoms. The van der Waals surface area contributed by atoms with Crippen LogP contribution in [0.4, 0.5) is 0 Å². The van der Waals surface area contributed by atoms with Crippen molar-refractivity contribution in [2.75, 3.05) is 0 Å². The van der Waals surface area contributed by atoms with E-state index in [2.05, 4.69) is 47.4 Å². The molecule has 2 heterocycles. The predicted octanol–water partition coefficient (Wildman–Crippen LogP) is 0.344. The first kappa shape index (κ1) is 9.59. The fourth-order valence-electron chi connectivity index (χ4n) is 2.34. The van der Waals surface area contributed by atoms with Crippen molar-refractivity contribution in [2.45, 2.75) is 0 Å². The molecular weight excluding hydrogens is 321 g/mol. The van der Waals surface area contributed by atoms with Crippen LogP contribution >= 0.6 is 0 Å². The van der Waals surface area contributed by atoms with Crippen molar-refractivity contribution in [1.29, 1.82) is 0 Å². The SMILES string of the molecule is c1cnc2c(c1)[I+]c1cccc3cccc-2c13. The summed E-state index contributed by atoms with van der Waals surface area (Å²) in [6, 6.07) is 17.4. The second-order valence-electron chi connectivity index (χ2n) is 4.07. The van der Waals surface area contributed by atoms with Gasteiger partial charge in [-0.05, 0) is 23.6 Å². The molecule has 4 rings (SSSR count). The number of hydrogen-bond acceptors (Lipinski definition) is 1. The average molecular weight is 330 g/mol. The van der Waals surface area contributed by atoms with E-state index in [1.54, 1.807) is 0 Å². The van der Waals surface area contributed by atoms with Crippen LogP contribution in [0.2, 0.25) is 0 Å². The van der Waals surface area contributed by atoms with Crippen LogP contribution in [0.1, 0.15) is 0 Å². The van der Waals surface area contributed by atoms with E-state index in [1.165, 1.54) is 29.2 Å². The molecule has 1 aromatic heterocycles. The van der Waals surface area contributed by atoms with E-state index in [0.717, 1.165) is 0 Å². The Bertz CT molecular complexity index is 729. The first-order valence-corrected chi connectivity index (χ1v) is 7.71. The van der Waals surface area contributed by atoms with E-state index in [-0.39, 0.29) is 21.2 Å². The number of halogens is 1. The van der Waals surface area contributed by atoms with Crippen molar-refractivity contribution in [3.8, 4) is 11.3 Å². The fourth-order valence-corrected chi connectivity index (χ4v) is 5.30. The molecule has 0 unspecified atom stereocenters. The zero-order valence-electron chi connectivity index (χ0n) is 9.02. The number of nitrogens with zero attached hydrogens (tertiary/aromatic N) is 1. The lowest BCUT2D eigenvalue weighted by atomic mass is 10.0. The molecule has 0 N–H and O–H groups in total. The fraction of sp³-hybridized carbons (Fsp3) is 0. The van der Waals surface area contributed by atoms with Crippen molar-refractivity contribution < 1.29 is 21.2 Å². The molecule has 0 saturated heterocycles. The van der Waals surface area contributed by atoms with E-state index in [0.29, 0.717) is 0 Å². The summed E-state index contributed by atoms with van der Waals surface area (Å²) in [5.41, 5.74) is 2.50. The minimum Gasteiger partial charge on any atom is -0.251 e. The number of pyridine rings is 1. The molecule has 1 aliphatic heterocycles. The molecule has 0 radical (unpaired) electrons. The predicted molar refractivity (Wildman–Crippen MR) is 64.6 cm³/mol. The number of hydrogen-bond donors (Lipinski definition) is 0. The van der Waals surface area contributed by atoms with Gasteiger partial charge in [0.15, 0.2) is 0 Å². The maximum Gasteiger partial charge on any atom is 0.361 e. The highest BCUT2D eigenvalue weighted by Crippen LogP contribution is 2.28. The molecule has 17 heavy (non-hydrogen) atoms. The zero-order valence-corrected chi connectivity index (χ0v) is 11.2. The van der Waals surface area contributed by atoms with Crippen LogP contribution in [0.5, 0.6) is 0 Å². The van der Waals surface area contributed by atoms with Crippen molar-refractivity contribution in [3.05, 3.63) is 61.9 Å². The maximum absolute atomic E-state index is 4.57. The molecule has 0 fully saturated rings. The molecule has 0 atom stereocenters. The minimum absolute atomic E-state index is 0.0781. The highest BCUT2D eigenvalue weighted by Gasteiger charge is 2.30. The Labute approximate surface area is 110 Å². The largest absolute Gasteiger partial charge is 0.361 e. The summed E-state index contributed by atoms with van der Waals surface area (Å²) < 4.78 is 2.97. The van der Waals surface area contributed by atoms with Gasteiger partial charge in [0.05, 0.1) is 0 Å². The first-order valence-electron chi connectivity index (χ1n) is 5.55. The van der Waals surface area contributed by atoms with Crippen LogP contribution in [-0.2, 0) is 0 Å². The number of benzene rings is 2. The highest BCUT2D eigenvalue weighted by atomic mass is 127. The Morgan fingerprint density at radius 1 is 0.824 bits per heavy atom. The van der Waals surface area contributed by atoms with Gasteiger partial charge in [-0.15, -0.1) is 0 Å². The third-order valence-corrected chi connectivity index (χ3v) is 6.00. The lowest BCUT2D eigenvalue weighted by Gasteiger charge is -2.10. The van der Waals surface area contributed by atoms with Gasteiger partial charge in [-0.25, -0.2) is 0 Å². The zero-order chi connectivity index (χ0) is 11.2. The van der Waals surface area contributed by atoms with E-state index in [9.17, 15) is 0 Å². The first-order chi connectivity index (χ1) is 8.43. The topological polar surface area (TPSA) is 12.9 Å². The lowest BCUT2D eigenvalue weighted by Crippen LogP contribution is -3.62. The minimum atomic E-state index is -0.0781. The van der Waals surface area contributed by atoms with Crippen LogP contribution in [0, 0.1) is 7.14 Å². The van der Waals surface area contributed by atoms with Gasteiger partial charge in [0.2, 0.25) is 7.14 Å². The van der Waals surface area contributed by atoms with E-state index >= 15 is 0 Å². The van der Waals surface area contributed by atoms with Crippen LogP contribution < -0.4 is 21.2 Å². The molecule has 0 aliphatic carbocycles. The molecule has 1 aliphatic rings. The third-order valence-electron chi connectivity index (χ3n) is 3.07. The summed E-state index contributed by atoms with van der Waals surface area (Å²) in [6.07, 6.45) is 1.90. The van der Waals surface area contributed by atoms with E-state index < -0.39 is 0 Å². The van der Waals surface area contributed by atoms with Gasteiger partial charge in [-0.1, -0.05) is 30.3 Å². The number of rotatable bonds is 0. The maximum atomic E-state index is 4.57. The molecular formula is C15H9IN+. The Balaban J connectivity index is 2.22. The second-order valence-corrected chi connectivity index (χ2v) is 6.94. The summed E-state index contributed by atoms with van der Waals surface area (Å²) in [5.74, 6) is 0. The molecule has 0 amide bonds. The summed E-state index contributed by atoms with van der Waals surface area (Å²) in [4.78, 5) is 4.57. The van der Waals surface area contributed by atoms with Crippen molar-refractivity contribution in [1.82, 2.24) is 4.98 Å². The normalized spacial score (nSPS) is 12.5. The molecule has 0 spiro atoms. The quantitative estimate of drug-likeness (QED) is 0.424. The van der Waals surface area contributed by atoms with Gasteiger partial charge < -0.3 is 0 Å². The Morgan fingerprint density at radius 2 is 1.65 bits per heavy atom. The Morgan fingerprint density at radius 3 is 2.59 bits per heavy atom. The van der Waals surface area contributed by atoms with Crippen LogP contribution in [0.25, 0.3) is 22.0 Å². The van der Waals surface area contributed by atoms with Crippen molar-refractivity contribution >= 4 is 10.8 Å². The van der Waals surface area contributed by atoms with Crippen LogP contribution in [0.15, 0.2) is 54.7 Å². The van der Waals surface area contributed by atoms with Gasteiger partial charge in [-0.3, -0.25) is 4.98 Å². The van der Waals surface area contributed by atoms with Crippen LogP contribution in [-0.4, -0.2) is 4.98 Å². The summed E-state index contributed by atoms with van der Waals surface area (Å²) in [6.45, 7) is 0. The second kappa shape index (κ2) is 3.53. The monoisotopic (exact) mass is 330 g/mol. The molecule has 0 saturated carbocycles. The Kier molecular flexibility index (Phi) is 1.99. The van der Waals surface area contributed by atoms with Crippen molar-refractivity contribution in [3.63, 3.8) is 0 Å². The van der Waals surface area contributed by atoms with Gasteiger partial charge in [0, 0.05) is 17.1 Å². The standard InChI is InChI=1S/C15H9IN/c1-4-10-5-2-7-12-14(10)11(6-1)15-13(16-12)8-3-9-17-15/h1-9H/q+1. The van der Waals surface area contributed by atoms with Gasteiger partial charge in [-0.2, -0.15) is 0 Å². The molecule has 80 valence electrons. The van der Waals surface area contributed by atoms with Gasteiger partial charge in [0.25, 0.3) is 0 Å². The Hall–Kier alpha value is -1.42. The molecule has 1 nitrogen and oxygen atoms in total. The highest BCUT2D eigenvalue weighted by molar-refractivity contribution is 5.95. The van der Waals surface area contributed by atoms with Crippen LogP contribution in [0.3, 0.4) is 0 Å². The number of aromatic nitrogens is 1. The molecule has 0 bridgehead atoms. The van der Waals surface area contributed by atoms with E-state index in [1.807, 2.05) is 12.3 Å². The third kappa shape index (κ3) is 1.33. The smallest absolute Gasteiger partial charge is 0.251 e. The summed E-state index contributed by atoms with van der Waals surface area (Å²) >= 11 is -0.0781. The van der Waals surface area contributed by atoms with Crippen molar-refractivity contribution in [2.24, 2.45) is 0 Å². The summed E-state index contributed by atoms with van der Waals surface area (Å²) in [7, 11) is 0. The van der Waals surface area contributed by atoms with Gasteiger partial charge in [0.1, 0.15) is 5.69 Å². The molecule has 3 aromatic rings. The average Bonchev–Trinajstić information content (AvgIpc) is 2.39. The summed E-state index contributed by atoms with van der Waals surface area (Å²) in [5, 5.41) is 2.77. The number of fused-ring (bicyclic) bond motifs is 2. The van der Waals surface area contributed by atoms with E-state index in [4.69, 9.17) is 0 Å².